The third kappa shape index (κ3) is 4.30. The van der Waals surface area contributed by atoms with Crippen molar-refractivity contribution >= 4 is 28.9 Å². The van der Waals surface area contributed by atoms with Crippen LogP contribution in [0.25, 0.3) is 0 Å². The smallest absolute Gasteiger partial charge is 0.224 e. The summed E-state index contributed by atoms with van der Waals surface area (Å²) in [6.45, 7) is 0. The monoisotopic (exact) mass is 274 g/mol. The van der Waals surface area contributed by atoms with Crippen molar-refractivity contribution in [3.05, 3.63) is 59.1 Å². The average Bonchev–Trinajstić information content (AvgIpc) is 2.41. The van der Waals surface area contributed by atoms with Gasteiger partial charge in [0.1, 0.15) is 0 Å². The summed E-state index contributed by atoms with van der Waals surface area (Å²) < 4.78 is 0. The highest BCUT2D eigenvalue weighted by Gasteiger charge is 2.03. The quantitative estimate of drug-likeness (QED) is 0.839. The molecule has 0 aliphatic carbocycles. The van der Waals surface area contributed by atoms with E-state index >= 15 is 0 Å². The van der Waals surface area contributed by atoms with Crippen molar-refractivity contribution in [2.75, 3.05) is 11.1 Å². The molecule has 2 aromatic rings. The van der Waals surface area contributed by atoms with Gasteiger partial charge in [-0.25, -0.2) is 0 Å². The summed E-state index contributed by atoms with van der Waals surface area (Å²) in [6, 6.07) is 14.6. The first-order valence-corrected chi connectivity index (χ1v) is 6.41. The molecule has 0 aliphatic heterocycles. The van der Waals surface area contributed by atoms with Gasteiger partial charge >= 0.3 is 0 Å². The molecule has 2 rings (SSSR count). The fourth-order valence-corrected chi connectivity index (χ4v) is 1.82. The predicted octanol–water partition coefficient (Wildman–Crippen LogP) is 3.49. The number of hydrogen-bond acceptors (Lipinski definition) is 2. The lowest BCUT2D eigenvalue weighted by Crippen LogP contribution is -2.12. The number of hydrogen-bond donors (Lipinski definition) is 2. The zero-order valence-corrected chi connectivity index (χ0v) is 11.2. The highest BCUT2D eigenvalue weighted by molar-refractivity contribution is 6.30. The SMILES string of the molecule is Nc1ccc(NC(=O)CCc2ccc(Cl)cc2)cc1. The number of anilines is 2. The van der Waals surface area contributed by atoms with Gasteiger partial charge in [0.15, 0.2) is 0 Å². The van der Waals surface area contributed by atoms with Gasteiger partial charge in [-0.1, -0.05) is 23.7 Å². The number of aryl methyl sites for hydroxylation is 1. The minimum atomic E-state index is -0.0141. The minimum absolute atomic E-state index is 0.0141. The summed E-state index contributed by atoms with van der Waals surface area (Å²) in [4.78, 5) is 11.8. The molecule has 0 saturated heterocycles. The van der Waals surface area contributed by atoms with Gasteiger partial charge in [-0.2, -0.15) is 0 Å². The first-order chi connectivity index (χ1) is 9.13. The summed E-state index contributed by atoms with van der Waals surface area (Å²) in [5.74, 6) is -0.0141. The summed E-state index contributed by atoms with van der Waals surface area (Å²) in [7, 11) is 0. The second-order valence-corrected chi connectivity index (χ2v) is 4.73. The Hall–Kier alpha value is -2.00. The maximum Gasteiger partial charge on any atom is 0.224 e. The lowest BCUT2D eigenvalue weighted by atomic mass is 10.1. The van der Waals surface area contributed by atoms with Crippen molar-refractivity contribution in [2.45, 2.75) is 12.8 Å². The van der Waals surface area contributed by atoms with Crippen LogP contribution in [0.5, 0.6) is 0 Å². The lowest BCUT2D eigenvalue weighted by molar-refractivity contribution is -0.116. The van der Waals surface area contributed by atoms with E-state index in [1.807, 2.05) is 24.3 Å². The van der Waals surface area contributed by atoms with Crippen LogP contribution in [0, 0.1) is 0 Å². The summed E-state index contributed by atoms with van der Waals surface area (Å²) >= 11 is 5.80. The van der Waals surface area contributed by atoms with Crippen LogP contribution < -0.4 is 11.1 Å². The first kappa shape index (κ1) is 13.4. The second kappa shape index (κ2) is 6.25. The number of rotatable bonds is 4. The Balaban J connectivity index is 1.84. The summed E-state index contributed by atoms with van der Waals surface area (Å²) in [6.07, 6.45) is 1.13. The Morgan fingerprint density at radius 3 is 2.32 bits per heavy atom. The molecule has 4 heteroatoms. The Labute approximate surface area is 117 Å². The molecular formula is C15H15ClN2O. The number of benzene rings is 2. The van der Waals surface area contributed by atoms with E-state index in [1.54, 1.807) is 24.3 Å². The molecule has 0 heterocycles. The Kier molecular flexibility index (Phi) is 4.42. The predicted molar refractivity (Wildman–Crippen MR) is 79.3 cm³/mol. The fraction of sp³-hybridized carbons (Fsp3) is 0.133. The maximum absolute atomic E-state index is 11.8. The van der Waals surface area contributed by atoms with Gasteiger partial charge in [0, 0.05) is 22.8 Å². The van der Waals surface area contributed by atoms with E-state index in [9.17, 15) is 4.79 Å². The van der Waals surface area contributed by atoms with E-state index in [-0.39, 0.29) is 5.91 Å². The zero-order valence-electron chi connectivity index (χ0n) is 10.4. The van der Waals surface area contributed by atoms with E-state index in [2.05, 4.69) is 5.32 Å². The highest BCUT2D eigenvalue weighted by atomic mass is 35.5. The molecule has 3 nitrogen and oxygen atoms in total. The van der Waals surface area contributed by atoms with Crippen molar-refractivity contribution in [3.8, 4) is 0 Å². The van der Waals surface area contributed by atoms with Gasteiger partial charge in [-0.15, -0.1) is 0 Å². The molecule has 1 amide bonds. The van der Waals surface area contributed by atoms with Gasteiger partial charge in [-0.3, -0.25) is 4.79 Å². The van der Waals surface area contributed by atoms with E-state index in [0.29, 0.717) is 23.6 Å². The van der Waals surface area contributed by atoms with Crippen LogP contribution in [0.3, 0.4) is 0 Å². The van der Waals surface area contributed by atoms with Crippen LogP contribution in [0.4, 0.5) is 11.4 Å². The van der Waals surface area contributed by atoms with Crippen LogP contribution in [0.2, 0.25) is 5.02 Å². The molecule has 0 unspecified atom stereocenters. The highest BCUT2D eigenvalue weighted by Crippen LogP contribution is 2.13. The topological polar surface area (TPSA) is 55.1 Å². The number of nitrogens with one attached hydrogen (secondary N) is 1. The molecule has 0 saturated carbocycles. The van der Waals surface area contributed by atoms with Crippen molar-refractivity contribution in [3.63, 3.8) is 0 Å². The molecule has 0 bridgehead atoms. The molecule has 19 heavy (non-hydrogen) atoms. The number of amides is 1. The Morgan fingerprint density at radius 1 is 1.05 bits per heavy atom. The molecular weight excluding hydrogens is 260 g/mol. The summed E-state index contributed by atoms with van der Waals surface area (Å²) in [5.41, 5.74) is 8.11. The maximum atomic E-state index is 11.8. The van der Waals surface area contributed by atoms with E-state index in [0.717, 1.165) is 11.3 Å². The third-order valence-electron chi connectivity index (χ3n) is 2.75. The normalized spacial score (nSPS) is 10.2. The van der Waals surface area contributed by atoms with Crippen molar-refractivity contribution in [1.82, 2.24) is 0 Å². The summed E-state index contributed by atoms with van der Waals surface area (Å²) in [5, 5.41) is 3.53. The van der Waals surface area contributed by atoms with Crippen molar-refractivity contribution in [1.29, 1.82) is 0 Å². The van der Waals surface area contributed by atoms with E-state index in [4.69, 9.17) is 17.3 Å². The Bertz CT molecular complexity index is 549. The molecule has 0 aromatic heterocycles. The number of nitrogens with two attached hydrogens (primary N) is 1. The van der Waals surface area contributed by atoms with Crippen LogP contribution in [-0.4, -0.2) is 5.91 Å². The molecule has 3 N–H and O–H groups in total. The van der Waals surface area contributed by atoms with Crippen LogP contribution in [0.1, 0.15) is 12.0 Å². The minimum Gasteiger partial charge on any atom is -0.399 e. The van der Waals surface area contributed by atoms with Gasteiger partial charge in [0.2, 0.25) is 5.91 Å². The van der Waals surface area contributed by atoms with Gasteiger partial charge in [-0.05, 0) is 48.4 Å². The number of nitrogen functional groups attached to an aromatic ring is 1. The molecule has 98 valence electrons. The largest absolute Gasteiger partial charge is 0.399 e. The van der Waals surface area contributed by atoms with Crippen LogP contribution in [-0.2, 0) is 11.2 Å². The molecule has 0 fully saturated rings. The van der Waals surface area contributed by atoms with Crippen LogP contribution >= 0.6 is 11.6 Å². The van der Waals surface area contributed by atoms with E-state index in [1.165, 1.54) is 0 Å². The standard InChI is InChI=1S/C15H15ClN2O/c16-12-4-1-11(2-5-12)3-10-15(19)18-14-8-6-13(17)7-9-14/h1-2,4-9H,3,10,17H2,(H,18,19). The number of carbonyl (C=O) groups is 1. The van der Waals surface area contributed by atoms with Gasteiger partial charge in [0.25, 0.3) is 0 Å². The zero-order chi connectivity index (χ0) is 13.7. The molecule has 0 aliphatic rings. The number of halogens is 1. The molecule has 0 radical (unpaired) electrons. The van der Waals surface area contributed by atoms with Crippen molar-refractivity contribution in [2.24, 2.45) is 0 Å². The van der Waals surface area contributed by atoms with Gasteiger partial charge < -0.3 is 11.1 Å². The second-order valence-electron chi connectivity index (χ2n) is 4.30. The fourth-order valence-electron chi connectivity index (χ4n) is 1.70. The number of carbonyl (C=O) groups excluding carboxylic acids is 1. The Morgan fingerprint density at radius 2 is 1.68 bits per heavy atom. The van der Waals surface area contributed by atoms with Gasteiger partial charge in [0.05, 0.1) is 0 Å². The lowest BCUT2D eigenvalue weighted by Gasteiger charge is -2.05. The van der Waals surface area contributed by atoms with Crippen LogP contribution in [0.15, 0.2) is 48.5 Å². The molecule has 0 spiro atoms. The van der Waals surface area contributed by atoms with Crippen molar-refractivity contribution < 1.29 is 4.79 Å². The first-order valence-electron chi connectivity index (χ1n) is 6.03. The van der Waals surface area contributed by atoms with E-state index < -0.39 is 0 Å². The molecule has 0 atom stereocenters. The molecule has 2 aromatic carbocycles. The third-order valence-corrected chi connectivity index (χ3v) is 3.00. The average molecular weight is 275 g/mol.